The maximum absolute atomic E-state index is 11.9. The highest BCUT2D eigenvalue weighted by molar-refractivity contribution is 9.08. The van der Waals surface area contributed by atoms with E-state index in [1.807, 2.05) is 39.0 Å². The van der Waals surface area contributed by atoms with E-state index in [4.69, 9.17) is 0 Å². The van der Waals surface area contributed by atoms with E-state index in [2.05, 4.69) is 20.7 Å². The molecular formula is C13H20BrNO2S. The lowest BCUT2D eigenvalue weighted by atomic mass is 9.94. The van der Waals surface area contributed by atoms with Gasteiger partial charge in [-0.1, -0.05) is 48.8 Å². The number of hydrogen-bond acceptors (Lipinski definition) is 2. The lowest BCUT2D eigenvalue weighted by Gasteiger charge is -2.18. The molecule has 1 aromatic carbocycles. The van der Waals surface area contributed by atoms with E-state index in [1.165, 1.54) is 0 Å². The largest absolute Gasteiger partial charge is 0.284 e. The summed E-state index contributed by atoms with van der Waals surface area (Å²) < 4.78 is 26.5. The van der Waals surface area contributed by atoms with Crippen molar-refractivity contribution < 1.29 is 8.42 Å². The smallest absolute Gasteiger partial charge is 0.232 e. The summed E-state index contributed by atoms with van der Waals surface area (Å²) in [6, 6.07) is 7.39. The molecule has 102 valence electrons. The summed E-state index contributed by atoms with van der Waals surface area (Å²) >= 11 is 3.35. The maximum Gasteiger partial charge on any atom is 0.232 e. The van der Waals surface area contributed by atoms with Crippen LogP contribution < -0.4 is 4.72 Å². The molecule has 0 unspecified atom stereocenters. The van der Waals surface area contributed by atoms with Crippen molar-refractivity contribution in [1.82, 2.24) is 0 Å². The zero-order valence-corrected chi connectivity index (χ0v) is 13.4. The van der Waals surface area contributed by atoms with Gasteiger partial charge in [0.25, 0.3) is 0 Å². The summed E-state index contributed by atoms with van der Waals surface area (Å²) in [4.78, 5) is 0. The Morgan fingerprint density at radius 2 is 1.94 bits per heavy atom. The van der Waals surface area contributed by atoms with Gasteiger partial charge in [-0.05, 0) is 29.5 Å². The van der Waals surface area contributed by atoms with Crippen molar-refractivity contribution in [2.75, 3.05) is 10.5 Å². The molecule has 0 spiro atoms. The van der Waals surface area contributed by atoms with Crippen LogP contribution in [0.3, 0.4) is 0 Å². The summed E-state index contributed by atoms with van der Waals surface area (Å²) in [5.74, 6) is 0.148. The molecule has 0 atom stereocenters. The fourth-order valence-corrected chi connectivity index (χ4v) is 3.21. The molecule has 1 N–H and O–H groups in total. The fraction of sp³-hybridized carbons (Fsp3) is 0.538. The second-order valence-corrected chi connectivity index (χ2v) is 7.97. The van der Waals surface area contributed by atoms with Crippen LogP contribution in [0.15, 0.2) is 24.3 Å². The first kappa shape index (κ1) is 15.5. The minimum atomic E-state index is -3.26. The van der Waals surface area contributed by atoms with E-state index in [1.54, 1.807) is 6.07 Å². The van der Waals surface area contributed by atoms with Crippen LogP contribution in [0.4, 0.5) is 5.69 Å². The molecule has 18 heavy (non-hydrogen) atoms. The van der Waals surface area contributed by atoms with Crippen molar-refractivity contribution in [2.45, 2.75) is 32.5 Å². The lowest BCUT2D eigenvalue weighted by Crippen LogP contribution is -2.20. The van der Waals surface area contributed by atoms with Crippen molar-refractivity contribution in [2.24, 2.45) is 5.41 Å². The molecule has 0 aromatic heterocycles. The standard InChI is InChI=1S/C13H20BrNO2S/c1-13(2,3)7-8-18(16,17)15-12-6-4-5-11(9-12)10-14/h4-6,9,15H,7-8,10H2,1-3H3. The molecule has 0 bridgehead atoms. The summed E-state index contributed by atoms with van der Waals surface area (Å²) in [6.45, 7) is 6.11. The molecule has 1 aromatic rings. The average Bonchev–Trinajstić information content (AvgIpc) is 2.25. The van der Waals surface area contributed by atoms with Gasteiger partial charge in [0, 0.05) is 11.0 Å². The van der Waals surface area contributed by atoms with Crippen LogP contribution in [0, 0.1) is 5.41 Å². The second-order valence-electron chi connectivity index (χ2n) is 5.57. The average molecular weight is 334 g/mol. The SMILES string of the molecule is CC(C)(C)CCS(=O)(=O)Nc1cccc(CBr)c1. The normalized spacial score (nSPS) is 12.4. The quantitative estimate of drug-likeness (QED) is 0.834. The molecule has 0 saturated heterocycles. The molecule has 5 heteroatoms. The van der Waals surface area contributed by atoms with Gasteiger partial charge in [0.2, 0.25) is 10.0 Å². The summed E-state index contributed by atoms with van der Waals surface area (Å²) in [6.07, 6.45) is 0.639. The fourth-order valence-electron chi connectivity index (χ4n) is 1.39. The van der Waals surface area contributed by atoms with Crippen LogP contribution in [0.1, 0.15) is 32.8 Å². The Labute approximate surface area is 118 Å². The first-order valence-corrected chi connectivity index (χ1v) is 8.65. The number of sulfonamides is 1. The number of rotatable bonds is 5. The highest BCUT2D eigenvalue weighted by Gasteiger charge is 2.17. The third-order valence-electron chi connectivity index (χ3n) is 2.48. The van der Waals surface area contributed by atoms with Gasteiger partial charge >= 0.3 is 0 Å². The molecule has 0 aliphatic rings. The highest BCUT2D eigenvalue weighted by atomic mass is 79.9. The van der Waals surface area contributed by atoms with E-state index in [0.717, 1.165) is 5.56 Å². The van der Waals surface area contributed by atoms with Crippen molar-refractivity contribution in [1.29, 1.82) is 0 Å². The molecule has 0 fully saturated rings. The zero-order chi connectivity index (χ0) is 13.8. The van der Waals surface area contributed by atoms with Crippen LogP contribution in [-0.4, -0.2) is 14.2 Å². The van der Waals surface area contributed by atoms with Gasteiger partial charge in [-0.2, -0.15) is 0 Å². The van der Waals surface area contributed by atoms with Crippen molar-refractivity contribution in [3.8, 4) is 0 Å². The Hall–Kier alpha value is -0.550. The number of hydrogen-bond donors (Lipinski definition) is 1. The molecule has 0 amide bonds. The molecule has 0 aliphatic carbocycles. The Morgan fingerprint density at radius 3 is 2.50 bits per heavy atom. The monoisotopic (exact) mass is 333 g/mol. The minimum Gasteiger partial charge on any atom is -0.284 e. The van der Waals surface area contributed by atoms with Crippen LogP contribution >= 0.6 is 15.9 Å². The van der Waals surface area contributed by atoms with Crippen LogP contribution in [-0.2, 0) is 15.4 Å². The third-order valence-corrected chi connectivity index (χ3v) is 4.41. The van der Waals surface area contributed by atoms with Gasteiger partial charge < -0.3 is 0 Å². The van der Waals surface area contributed by atoms with E-state index in [9.17, 15) is 8.42 Å². The highest BCUT2D eigenvalue weighted by Crippen LogP contribution is 2.20. The van der Waals surface area contributed by atoms with Crippen molar-refractivity contribution >= 4 is 31.6 Å². The first-order chi connectivity index (χ1) is 8.22. The van der Waals surface area contributed by atoms with Gasteiger partial charge in [0.15, 0.2) is 0 Å². The van der Waals surface area contributed by atoms with E-state index < -0.39 is 10.0 Å². The Morgan fingerprint density at radius 1 is 1.28 bits per heavy atom. The van der Waals surface area contributed by atoms with Gasteiger partial charge in [-0.15, -0.1) is 0 Å². The molecule has 0 saturated carbocycles. The number of nitrogens with one attached hydrogen (secondary N) is 1. The molecule has 1 rings (SSSR count). The first-order valence-electron chi connectivity index (χ1n) is 5.87. The number of halogens is 1. The van der Waals surface area contributed by atoms with E-state index in [-0.39, 0.29) is 11.2 Å². The second kappa shape index (κ2) is 6.06. The molecule has 0 aliphatic heterocycles. The van der Waals surface area contributed by atoms with Crippen LogP contribution in [0.25, 0.3) is 0 Å². The Kier molecular flexibility index (Phi) is 5.22. The van der Waals surface area contributed by atoms with Gasteiger partial charge in [0.1, 0.15) is 0 Å². The van der Waals surface area contributed by atoms with Gasteiger partial charge in [-0.3, -0.25) is 4.72 Å². The van der Waals surface area contributed by atoms with Crippen molar-refractivity contribution in [3.05, 3.63) is 29.8 Å². The van der Waals surface area contributed by atoms with Gasteiger partial charge in [-0.25, -0.2) is 8.42 Å². The summed E-state index contributed by atoms with van der Waals surface area (Å²) in [5.41, 5.74) is 1.69. The molecular weight excluding hydrogens is 314 g/mol. The van der Waals surface area contributed by atoms with Gasteiger partial charge in [0.05, 0.1) is 5.75 Å². The number of benzene rings is 1. The Bertz CT molecular complexity index is 492. The van der Waals surface area contributed by atoms with Crippen molar-refractivity contribution in [3.63, 3.8) is 0 Å². The summed E-state index contributed by atoms with van der Waals surface area (Å²) in [5, 5.41) is 0.713. The molecule has 3 nitrogen and oxygen atoms in total. The third kappa shape index (κ3) is 5.87. The molecule has 0 radical (unpaired) electrons. The maximum atomic E-state index is 11.9. The number of alkyl halides is 1. The zero-order valence-electron chi connectivity index (χ0n) is 11.0. The lowest BCUT2D eigenvalue weighted by molar-refractivity contribution is 0.397. The number of anilines is 1. The predicted octanol–water partition coefficient (Wildman–Crippen LogP) is 3.76. The topological polar surface area (TPSA) is 46.2 Å². The van der Waals surface area contributed by atoms with E-state index >= 15 is 0 Å². The minimum absolute atomic E-state index is 0.0203. The molecule has 0 heterocycles. The van der Waals surface area contributed by atoms with Crippen LogP contribution in [0.5, 0.6) is 0 Å². The van der Waals surface area contributed by atoms with Crippen LogP contribution in [0.2, 0.25) is 0 Å². The van der Waals surface area contributed by atoms with E-state index in [0.29, 0.717) is 17.4 Å². The Balaban J connectivity index is 2.70. The predicted molar refractivity (Wildman–Crippen MR) is 80.6 cm³/mol. The summed E-state index contributed by atoms with van der Waals surface area (Å²) in [7, 11) is -3.26.